The van der Waals surface area contributed by atoms with E-state index in [-0.39, 0.29) is 0 Å². The molecule has 0 rings (SSSR count). The Morgan fingerprint density at radius 2 is 1.67 bits per heavy atom. The molecule has 0 aromatic rings. The van der Waals surface area contributed by atoms with Crippen molar-refractivity contribution in [3.8, 4) is 0 Å². The lowest BCUT2D eigenvalue weighted by molar-refractivity contribution is 0.237. The third-order valence-corrected chi connectivity index (χ3v) is 2.63. The van der Waals surface area contributed by atoms with E-state index >= 15 is 0 Å². The van der Waals surface area contributed by atoms with E-state index in [4.69, 9.17) is 5.73 Å². The number of nitrogens with two attached hydrogens (primary N) is 1. The van der Waals surface area contributed by atoms with Crippen LogP contribution >= 0.6 is 0 Å². The second kappa shape index (κ2) is 10.4. The Labute approximate surface area is 96.2 Å². The zero-order valence-corrected chi connectivity index (χ0v) is 11.0. The Kier molecular flexibility index (Phi) is 10.4. The van der Waals surface area contributed by atoms with Gasteiger partial charge in [-0.2, -0.15) is 0 Å². The van der Waals surface area contributed by atoms with E-state index in [1.165, 1.54) is 45.3 Å². The predicted octanol–water partition coefficient (Wildman–Crippen LogP) is 2.87. The second-order valence-corrected chi connectivity index (χ2v) is 4.90. The van der Waals surface area contributed by atoms with E-state index in [0.29, 0.717) is 0 Å². The highest BCUT2D eigenvalue weighted by atomic mass is 15.1. The van der Waals surface area contributed by atoms with E-state index in [2.05, 4.69) is 25.7 Å². The number of nitrogens with zero attached hydrogens (tertiary/aromatic N) is 1. The van der Waals surface area contributed by atoms with Crippen molar-refractivity contribution in [2.45, 2.75) is 52.9 Å². The van der Waals surface area contributed by atoms with E-state index in [1.807, 2.05) is 0 Å². The van der Waals surface area contributed by atoms with Gasteiger partial charge in [-0.25, -0.2) is 0 Å². The normalized spacial score (nSPS) is 11.6. The molecule has 2 nitrogen and oxygen atoms in total. The third-order valence-electron chi connectivity index (χ3n) is 2.63. The Morgan fingerprint density at radius 1 is 1.00 bits per heavy atom. The minimum Gasteiger partial charge on any atom is -0.330 e. The zero-order chi connectivity index (χ0) is 11.5. The van der Waals surface area contributed by atoms with Gasteiger partial charge < -0.3 is 10.6 Å². The van der Waals surface area contributed by atoms with Gasteiger partial charge in [0.05, 0.1) is 0 Å². The van der Waals surface area contributed by atoms with Crippen LogP contribution in [-0.2, 0) is 0 Å². The maximum absolute atomic E-state index is 5.56. The van der Waals surface area contributed by atoms with Gasteiger partial charge in [-0.1, -0.05) is 40.0 Å². The van der Waals surface area contributed by atoms with Gasteiger partial charge in [-0.15, -0.1) is 0 Å². The van der Waals surface area contributed by atoms with Crippen LogP contribution in [0.1, 0.15) is 52.9 Å². The molecule has 0 unspecified atom stereocenters. The molecule has 0 aliphatic rings. The summed E-state index contributed by atoms with van der Waals surface area (Å²) in [7, 11) is 0. The van der Waals surface area contributed by atoms with Crippen molar-refractivity contribution in [2.24, 2.45) is 11.7 Å². The average Bonchev–Trinajstić information content (AvgIpc) is 2.19. The van der Waals surface area contributed by atoms with Gasteiger partial charge in [0.1, 0.15) is 0 Å². The first kappa shape index (κ1) is 14.9. The molecule has 0 atom stereocenters. The van der Waals surface area contributed by atoms with Gasteiger partial charge in [0.2, 0.25) is 0 Å². The van der Waals surface area contributed by atoms with Crippen LogP contribution in [0.4, 0.5) is 0 Å². The maximum Gasteiger partial charge on any atom is 0.000439 e. The lowest BCUT2D eigenvalue weighted by atomic mass is 10.1. The molecule has 0 aliphatic carbocycles. The topological polar surface area (TPSA) is 29.3 Å². The molecule has 0 aromatic carbocycles. The SMILES string of the molecule is CCCCCCN(CCCN)CC(C)C. The van der Waals surface area contributed by atoms with E-state index < -0.39 is 0 Å². The quantitative estimate of drug-likeness (QED) is 0.567. The van der Waals surface area contributed by atoms with Crippen molar-refractivity contribution in [1.82, 2.24) is 4.90 Å². The number of unbranched alkanes of at least 4 members (excludes halogenated alkanes) is 3. The van der Waals surface area contributed by atoms with Crippen molar-refractivity contribution in [3.63, 3.8) is 0 Å². The summed E-state index contributed by atoms with van der Waals surface area (Å²) in [6.45, 7) is 11.3. The summed E-state index contributed by atoms with van der Waals surface area (Å²) in [5.74, 6) is 0.772. The van der Waals surface area contributed by atoms with Crippen LogP contribution in [0.5, 0.6) is 0 Å². The van der Waals surface area contributed by atoms with E-state index in [1.54, 1.807) is 0 Å². The Hall–Kier alpha value is -0.0800. The highest BCUT2D eigenvalue weighted by Crippen LogP contribution is 2.05. The summed E-state index contributed by atoms with van der Waals surface area (Å²) in [4.78, 5) is 2.58. The molecule has 0 saturated heterocycles. The molecule has 0 amide bonds. The lowest BCUT2D eigenvalue weighted by Crippen LogP contribution is -2.31. The average molecular weight is 214 g/mol. The number of hydrogen-bond donors (Lipinski definition) is 1. The molecule has 0 bridgehead atoms. The fraction of sp³-hybridized carbons (Fsp3) is 1.00. The molecule has 2 N–H and O–H groups in total. The zero-order valence-electron chi connectivity index (χ0n) is 11.0. The van der Waals surface area contributed by atoms with Crippen LogP contribution in [0.15, 0.2) is 0 Å². The van der Waals surface area contributed by atoms with Crippen LogP contribution in [0.25, 0.3) is 0 Å². The van der Waals surface area contributed by atoms with Gasteiger partial charge in [0.15, 0.2) is 0 Å². The van der Waals surface area contributed by atoms with Crippen LogP contribution in [0.2, 0.25) is 0 Å². The van der Waals surface area contributed by atoms with Gasteiger partial charge >= 0.3 is 0 Å². The molecule has 0 fully saturated rings. The molecule has 0 radical (unpaired) electrons. The van der Waals surface area contributed by atoms with Crippen LogP contribution in [-0.4, -0.2) is 31.1 Å². The molecule has 0 heterocycles. The Balaban J connectivity index is 3.59. The fourth-order valence-electron chi connectivity index (χ4n) is 1.89. The molecule has 0 aromatic heterocycles. The lowest BCUT2D eigenvalue weighted by Gasteiger charge is -2.23. The molecule has 15 heavy (non-hydrogen) atoms. The summed E-state index contributed by atoms with van der Waals surface area (Å²) in [5, 5.41) is 0. The first-order chi connectivity index (χ1) is 7.20. The highest BCUT2D eigenvalue weighted by Gasteiger charge is 2.05. The van der Waals surface area contributed by atoms with Crippen LogP contribution in [0.3, 0.4) is 0 Å². The summed E-state index contributed by atoms with van der Waals surface area (Å²) in [5.41, 5.74) is 5.56. The van der Waals surface area contributed by atoms with Crippen molar-refractivity contribution in [3.05, 3.63) is 0 Å². The molecular formula is C13H30N2. The highest BCUT2D eigenvalue weighted by molar-refractivity contribution is 4.61. The van der Waals surface area contributed by atoms with Crippen LogP contribution in [0, 0.1) is 5.92 Å². The molecule has 0 saturated carbocycles. The van der Waals surface area contributed by atoms with E-state index in [0.717, 1.165) is 18.9 Å². The van der Waals surface area contributed by atoms with Crippen molar-refractivity contribution in [1.29, 1.82) is 0 Å². The van der Waals surface area contributed by atoms with Gasteiger partial charge in [0.25, 0.3) is 0 Å². The van der Waals surface area contributed by atoms with Crippen molar-refractivity contribution in [2.75, 3.05) is 26.2 Å². The maximum atomic E-state index is 5.56. The number of hydrogen-bond acceptors (Lipinski definition) is 2. The predicted molar refractivity (Wildman–Crippen MR) is 69.1 cm³/mol. The first-order valence-electron chi connectivity index (χ1n) is 6.63. The second-order valence-electron chi connectivity index (χ2n) is 4.90. The van der Waals surface area contributed by atoms with Crippen LogP contribution < -0.4 is 5.73 Å². The van der Waals surface area contributed by atoms with Gasteiger partial charge in [-0.3, -0.25) is 0 Å². The smallest absolute Gasteiger partial charge is 0.000439 e. The number of rotatable bonds is 10. The Morgan fingerprint density at radius 3 is 2.20 bits per heavy atom. The Bertz CT molecular complexity index is 124. The standard InChI is InChI=1S/C13H30N2/c1-4-5-6-7-10-15(11-8-9-14)12-13(2)3/h13H,4-12,14H2,1-3H3. The first-order valence-corrected chi connectivity index (χ1v) is 6.63. The van der Waals surface area contributed by atoms with Gasteiger partial charge in [0, 0.05) is 6.54 Å². The van der Waals surface area contributed by atoms with Gasteiger partial charge in [-0.05, 0) is 38.4 Å². The third kappa shape index (κ3) is 10.2. The minimum absolute atomic E-state index is 0.772. The summed E-state index contributed by atoms with van der Waals surface area (Å²) < 4.78 is 0. The van der Waals surface area contributed by atoms with Crippen molar-refractivity contribution < 1.29 is 0 Å². The molecule has 0 spiro atoms. The van der Waals surface area contributed by atoms with Crippen molar-refractivity contribution >= 4 is 0 Å². The molecular weight excluding hydrogens is 184 g/mol. The fourth-order valence-corrected chi connectivity index (χ4v) is 1.89. The summed E-state index contributed by atoms with van der Waals surface area (Å²) in [6.07, 6.45) is 6.58. The largest absolute Gasteiger partial charge is 0.330 e. The molecule has 2 heteroatoms. The molecule has 92 valence electrons. The monoisotopic (exact) mass is 214 g/mol. The molecule has 0 aliphatic heterocycles. The van der Waals surface area contributed by atoms with E-state index in [9.17, 15) is 0 Å². The summed E-state index contributed by atoms with van der Waals surface area (Å²) >= 11 is 0. The minimum atomic E-state index is 0.772. The summed E-state index contributed by atoms with van der Waals surface area (Å²) in [6, 6.07) is 0.